The van der Waals surface area contributed by atoms with Gasteiger partial charge in [0.05, 0.1) is 19.8 Å². The molecular formula is C25H27F6N3O7. The number of carbonyl (C=O) groups excluding carboxylic acids is 1. The van der Waals surface area contributed by atoms with Crippen LogP contribution >= 0.6 is 0 Å². The molecule has 2 fully saturated rings. The molecule has 0 aliphatic carbocycles. The van der Waals surface area contributed by atoms with Gasteiger partial charge in [0.15, 0.2) is 0 Å². The Morgan fingerprint density at radius 2 is 1.61 bits per heavy atom. The van der Waals surface area contributed by atoms with Gasteiger partial charge in [-0.1, -0.05) is 12.1 Å². The standard InChI is InChI=1S/C21H25N3O3.2C2HF3O2/c1-26-18-4-2-3-15(9-18)11-24-12-19-17(14-27-20(19)13-24)10-23-21(25)16-5-7-22-8-6-16;2*3-2(4,5)1(6)7/h2-9,17,19-20H,10-14H2,1H3,(H,23,25);2*(H,6,7)/t17-,19-,20-;;/m1../s1. The highest BCUT2D eigenvalue weighted by atomic mass is 19.4. The summed E-state index contributed by atoms with van der Waals surface area (Å²) in [7, 11) is 1.69. The first kappa shape index (κ1) is 33.3. The van der Waals surface area contributed by atoms with Gasteiger partial charge in [-0.05, 0) is 29.8 Å². The minimum atomic E-state index is -5.08. The third kappa shape index (κ3) is 10.9. The number of benzene rings is 1. The predicted octanol–water partition coefficient (Wildman–Crippen LogP) is 3.23. The Morgan fingerprint density at radius 1 is 1.02 bits per heavy atom. The number of alkyl halides is 6. The lowest BCUT2D eigenvalue weighted by Gasteiger charge is -2.20. The lowest BCUT2D eigenvalue weighted by Crippen LogP contribution is -2.34. The highest BCUT2D eigenvalue weighted by molar-refractivity contribution is 5.93. The maximum Gasteiger partial charge on any atom is 0.490 e. The van der Waals surface area contributed by atoms with Crippen molar-refractivity contribution in [3.05, 3.63) is 59.9 Å². The molecule has 1 aromatic carbocycles. The molecule has 0 spiro atoms. The zero-order chi connectivity index (χ0) is 30.8. The second kappa shape index (κ2) is 14.6. The van der Waals surface area contributed by atoms with Crippen LogP contribution in [0.3, 0.4) is 0 Å². The van der Waals surface area contributed by atoms with Crippen molar-refractivity contribution in [3.63, 3.8) is 0 Å². The number of carbonyl (C=O) groups is 3. The maximum absolute atomic E-state index is 12.3. The quantitative estimate of drug-likeness (QED) is 0.430. The van der Waals surface area contributed by atoms with Crippen molar-refractivity contribution < 1.29 is 60.4 Å². The summed E-state index contributed by atoms with van der Waals surface area (Å²) in [6.45, 7) is 4.20. The Morgan fingerprint density at radius 3 is 2.15 bits per heavy atom. The van der Waals surface area contributed by atoms with E-state index in [2.05, 4.69) is 27.3 Å². The average Bonchev–Trinajstić information content (AvgIpc) is 3.48. The first-order valence-electron chi connectivity index (χ1n) is 11.9. The number of halogens is 6. The number of amides is 1. The Balaban J connectivity index is 0.000000349. The first-order valence-corrected chi connectivity index (χ1v) is 11.9. The van der Waals surface area contributed by atoms with Gasteiger partial charge in [0.25, 0.3) is 5.91 Å². The van der Waals surface area contributed by atoms with Crippen LogP contribution in [0.5, 0.6) is 5.75 Å². The van der Waals surface area contributed by atoms with Crippen LogP contribution in [0.1, 0.15) is 15.9 Å². The van der Waals surface area contributed by atoms with Crippen LogP contribution in [-0.4, -0.2) is 89.8 Å². The van der Waals surface area contributed by atoms with Gasteiger partial charge in [-0.2, -0.15) is 26.3 Å². The van der Waals surface area contributed by atoms with E-state index in [-0.39, 0.29) is 12.0 Å². The van der Waals surface area contributed by atoms with Gasteiger partial charge in [-0.25, -0.2) is 9.59 Å². The van der Waals surface area contributed by atoms with E-state index < -0.39 is 24.3 Å². The lowest BCUT2D eigenvalue weighted by molar-refractivity contribution is -0.193. The number of carboxylic acid groups (broad SMARTS) is 2. The van der Waals surface area contributed by atoms with Gasteiger partial charge >= 0.3 is 24.3 Å². The second-order valence-electron chi connectivity index (χ2n) is 8.89. The van der Waals surface area contributed by atoms with E-state index in [1.807, 2.05) is 12.1 Å². The first-order chi connectivity index (χ1) is 19.1. The number of fused-ring (bicyclic) bond motifs is 1. The number of ether oxygens (including phenoxy) is 2. The van der Waals surface area contributed by atoms with Crippen molar-refractivity contribution in [2.24, 2.45) is 11.8 Å². The van der Waals surface area contributed by atoms with Crippen LogP contribution in [0.25, 0.3) is 0 Å². The third-order valence-electron chi connectivity index (χ3n) is 6.01. The van der Waals surface area contributed by atoms with E-state index in [0.29, 0.717) is 23.9 Å². The van der Waals surface area contributed by atoms with Crippen molar-refractivity contribution >= 4 is 17.8 Å². The number of nitrogens with zero attached hydrogens (tertiary/aromatic N) is 2. The number of aliphatic carboxylic acids is 2. The summed E-state index contributed by atoms with van der Waals surface area (Å²) in [6, 6.07) is 11.7. The van der Waals surface area contributed by atoms with Gasteiger partial charge in [0.1, 0.15) is 5.75 Å². The molecule has 2 aliphatic heterocycles. The molecule has 0 unspecified atom stereocenters. The zero-order valence-electron chi connectivity index (χ0n) is 21.5. The second-order valence-corrected chi connectivity index (χ2v) is 8.89. The van der Waals surface area contributed by atoms with Crippen molar-refractivity contribution in [1.29, 1.82) is 0 Å². The van der Waals surface area contributed by atoms with Gasteiger partial charge in [0, 0.05) is 56.0 Å². The molecule has 3 atom stereocenters. The number of nitrogens with one attached hydrogen (secondary N) is 1. The van der Waals surface area contributed by atoms with Crippen LogP contribution in [0, 0.1) is 11.8 Å². The van der Waals surface area contributed by atoms with E-state index in [1.54, 1.807) is 31.6 Å². The summed E-state index contributed by atoms with van der Waals surface area (Å²) >= 11 is 0. The largest absolute Gasteiger partial charge is 0.497 e. The molecule has 41 heavy (non-hydrogen) atoms. The minimum absolute atomic E-state index is 0.0490. The number of hydrogen-bond donors (Lipinski definition) is 3. The zero-order valence-corrected chi connectivity index (χ0v) is 21.5. The number of hydrogen-bond acceptors (Lipinski definition) is 7. The molecule has 10 nitrogen and oxygen atoms in total. The number of likely N-dealkylation sites (tertiary alicyclic amines) is 1. The number of aromatic nitrogens is 1. The minimum Gasteiger partial charge on any atom is -0.497 e. The van der Waals surface area contributed by atoms with Gasteiger partial charge in [-0.3, -0.25) is 14.7 Å². The normalized spacial score (nSPS) is 20.0. The maximum atomic E-state index is 12.3. The number of carboxylic acids is 2. The fraction of sp³-hybridized carbons (Fsp3) is 0.440. The molecule has 0 radical (unpaired) electrons. The van der Waals surface area contributed by atoms with Crippen molar-refractivity contribution in [2.45, 2.75) is 25.0 Å². The van der Waals surface area contributed by atoms with E-state index in [4.69, 9.17) is 29.3 Å². The van der Waals surface area contributed by atoms with E-state index >= 15 is 0 Å². The van der Waals surface area contributed by atoms with E-state index in [0.717, 1.165) is 32.0 Å². The molecule has 0 saturated carbocycles. The van der Waals surface area contributed by atoms with Crippen LogP contribution in [0.4, 0.5) is 26.3 Å². The fourth-order valence-electron chi connectivity index (χ4n) is 4.08. The highest BCUT2D eigenvalue weighted by Gasteiger charge is 2.43. The van der Waals surface area contributed by atoms with Gasteiger partial charge in [-0.15, -0.1) is 0 Å². The predicted molar refractivity (Wildman–Crippen MR) is 129 cm³/mol. The Bertz CT molecular complexity index is 1140. The summed E-state index contributed by atoms with van der Waals surface area (Å²) in [4.78, 5) is 36.4. The molecule has 4 rings (SSSR count). The van der Waals surface area contributed by atoms with Crippen LogP contribution in [0.15, 0.2) is 48.8 Å². The number of rotatable bonds is 6. The summed E-state index contributed by atoms with van der Waals surface area (Å²) in [6.07, 6.45) is -6.63. The molecule has 1 amide bonds. The molecule has 16 heteroatoms. The summed E-state index contributed by atoms with van der Waals surface area (Å²) < 4.78 is 74.8. The molecular weight excluding hydrogens is 568 g/mol. The number of pyridine rings is 1. The lowest BCUT2D eigenvalue weighted by atomic mass is 9.93. The molecule has 2 saturated heterocycles. The summed E-state index contributed by atoms with van der Waals surface area (Å²) in [5, 5.41) is 17.3. The smallest absolute Gasteiger partial charge is 0.490 e. The SMILES string of the molecule is COc1cccc(CN2C[C@@H]3[C@H](CNC(=O)c4ccncc4)CO[C@@H]3C2)c1.O=C(O)C(F)(F)F.O=C(O)C(F)(F)F. The van der Waals surface area contributed by atoms with Crippen LogP contribution in [-0.2, 0) is 20.9 Å². The summed E-state index contributed by atoms with van der Waals surface area (Å²) in [5.74, 6) is -3.85. The molecule has 3 N–H and O–H groups in total. The van der Waals surface area contributed by atoms with Crippen molar-refractivity contribution in [2.75, 3.05) is 33.4 Å². The molecule has 3 heterocycles. The third-order valence-corrected chi connectivity index (χ3v) is 6.01. The average molecular weight is 595 g/mol. The Kier molecular flexibility index (Phi) is 11.9. The molecule has 226 valence electrons. The number of methoxy groups -OCH3 is 1. The van der Waals surface area contributed by atoms with Gasteiger partial charge in [0.2, 0.25) is 0 Å². The molecule has 2 aliphatic rings. The Labute approximate surface area is 229 Å². The van der Waals surface area contributed by atoms with Crippen molar-refractivity contribution in [3.8, 4) is 5.75 Å². The Hall–Kier alpha value is -3.92. The van der Waals surface area contributed by atoms with E-state index in [1.165, 1.54) is 5.56 Å². The van der Waals surface area contributed by atoms with Gasteiger partial charge < -0.3 is 25.0 Å². The highest BCUT2D eigenvalue weighted by Crippen LogP contribution is 2.34. The van der Waals surface area contributed by atoms with Crippen LogP contribution < -0.4 is 10.1 Å². The van der Waals surface area contributed by atoms with E-state index in [9.17, 15) is 31.1 Å². The molecule has 2 aromatic rings. The summed E-state index contributed by atoms with van der Waals surface area (Å²) in [5.41, 5.74) is 1.89. The molecule has 1 aromatic heterocycles. The fourth-order valence-corrected chi connectivity index (χ4v) is 4.08. The van der Waals surface area contributed by atoms with Crippen LogP contribution in [0.2, 0.25) is 0 Å². The topological polar surface area (TPSA) is 138 Å². The monoisotopic (exact) mass is 595 g/mol. The van der Waals surface area contributed by atoms with Crippen molar-refractivity contribution in [1.82, 2.24) is 15.2 Å². The molecule has 0 bridgehead atoms.